The monoisotopic (exact) mass is 317 g/mol. The fourth-order valence-electron chi connectivity index (χ4n) is 2.67. The van der Waals surface area contributed by atoms with Crippen molar-refractivity contribution in [1.29, 1.82) is 0 Å². The quantitative estimate of drug-likeness (QED) is 0.565. The van der Waals surface area contributed by atoms with Gasteiger partial charge in [0.25, 0.3) is 0 Å². The predicted octanol–water partition coefficient (Wildman–Crippen LogP) is 4.17. The van der Waals surface area contributed by atoms with Crippen LogP contribution in [0.1, 0.15) is 11.3 Å². The molecule has 0 aliphatic rings. The van der Waals surface area contributed by atoms with Crippen LogP contribution in [0.4, 0.5) is 0 Å². The van der Waals surface area contributed by atoms with Gasteiger partial charge in [0.15, 0.2) is 0 Å². The summed E-state index contributed by atoms with van der Waals surface area (Å²) in [4.78, 5) is 4.55. The maximum Gasteiger partial charge on any atom is 0.247 e. The van der Waals surface area contributed by atoms with E-state index in [2.05, 4.69) is 27.3 Å². The molecule has 0 saturated carbocycles. The Bertz CT molecular complexity index is 964. The highest BCUT2D eigenvalue weighted by Crippen LogP contribution is 2.23. The molecule has 0 bridgehead atoms. The van der Waals surface area contributed by atoms with E-state index in [1.165, 1.54) is 6.39 Å². The van der Waals surface area contributed by atoms with Gasteiger partial charge in [0.05, 0.1) is 5.52 Å². The van der Waals surface area contributed by atoms with E-state index >= 15 is 0 Å². The SMILES string of the molecule is Cc1cc(COc2ccc(-c3nnco3)cc2)c2ccccc2n1. The zero-order valence-electron chi connectivity index (χ0n) is 13.1. The topological polar surface area (TPSA) is 61.0 Å². The molecule has 0 fully saturated rings. The standard InChI is InChI=1S/C19H15N3O2/c1-13-10-15(17-4-2-3-5-18(17)21-13)11-23-16-8-6-14(7-9-16)19-22-20-12-24-19/h2-10,12H,11H2,1H3. The normalized spacial score (nSPS) is 10.9. The van der Waals surface area contributed by atoms with Gasteiger partial charge in [-0.2, -0.15) is 0 Å². The molecule has 24 heavy (non-hydrogen) atoms. The molecular weight excluding hydrogens is 302 g/mol. The molecule has 4 aromatic rings. The maximum atomic E-state index is 5.93. The molecule has 118 valence electrons. The van der Waals surface area contributed by atoms with Gasteiger partial charge in [0, 0.05) is 22.2 Å². The lowest BCUT2D eigenvalue weighted by molar-refractivity contribution is 0.307. The van der Waals surface area contributed by atoms with Gasteiger partial charge in [-0.15, -0.1) is 10.2 Å². The smallest absolute Gasteiger partial charge is 0.247 e. The molecule has 2 aromatic carbocycles. The van der Waals surface area contributed by atoms with Crippen molar-refractivity contribution in [3.8, 4) is 17.2 Å². The van der Waals surface area contributed by atoms with Crippen LogP contribution in [0.25, 0.3) is 22.4 Å². The number of rotatable bonds is 4. The average Bonchev–Trinajstić information content (AvgIpc) is 3.14. The van der Waals surface area contributed by atoms with Crippen molar-refractivity contribution in [1.82, 2.24) is 15.2 Å². The Morgan fingerprint density at radius 2 is 1.88 bits per heavy atom. The Labute approximate surface area is 138 Å². The van der Waals surface area contributed by atoms with Crippen molar-refractivity contribution in [3.63, 3.8) is 0 Å². The zero-order valence-corrected chi connectivity index (χ0v) is 13.1. The summed E-state index contributed by atoms with van der Waals surface area (Å²) in [5.41, 5.74) is 3.96. The molecule has 5 heteroatoms. The second-order valence-electron chi connectivity index (χ2n) is 5.50. The molecule has 0 saturated heterocycles. The predicted molar refractivity (Wildman–Crippen MR) is 90.5 cm³/mol. The third kappa shape index (κ3) is 2.84. The Morgan fingerprint density at radius 1 is 1.04 bits per heavy atom. The first-order valence-corrected chi connectivity index (χ1v) is 7.64. The fourth-order valence-corrected chi connectivity index (χ4v) is 2.67. The number of aryl methyl sites for hydroxylation is 1. The number of ether oxygens (including phenoxy) is 1. The van der Waals surface area contributed by atoms with Gasteiger partial charge < -0.3 is 9.15 Å². The lowest BCUT2D eigenvalue weighted by atomic mass is 10.1. The van der Waals surface area contributed by atoms with Crippen molar-refractivity contribution in [2.45, 2.75) is 13.5 Å². The van der Waals surface area contributed by atoms with Gasteiger partial charge in [-0.05, 0) is 43.3 Å². The molecular formula is C19H15N3O2. The van der Waals surface area contributed by atoms with E-state index in [-0.39, 0.29) is 0 Å². The molecule has 0 atom stereocenters. The molecule has 0 N–H and O–H groups in total. The first-order chi connectivity index (χ1) is 11.8. The third-order valence-corrected chi connectivity index (χ3v) is 3.79. The van der Waals surface area contributed by atoms with E-state index in [0.717, 1.165) is 33.5 Å². The van der Waals surface area contributed by atoms with Crippen molar-refractivity contribution in [3.05, 3.63) is 72.2 Å². The molecule has 0 radical (unpaired) electrons. The van der Waals surface area contributed by atoms with Gasteiger partial charge >= 0.3 is 0 Å². The highest BCUT2D eigenvalue weighted by atomic mass is 16.5. The summed E-state index contributed by atoms with van der Waals surface area (Å²) in [7, 11) is 0. The van der Waals surface area contributed by atoms with E-state index in [1.54, 1.807) is 0 Å². The third-order valence-electron chi connectivity index (χ3n) is 3.79. The van der Waals surface area contributed by atoms with Crippen LogP contribution in [0.2, 0.25) is 0 Å². The van der Waals surface area contributed by atoms with Crippen LogP contribution in [0.5, 0.6) is 5.75 Å². The first kappa shape index (κ1) is 14.4. The summed E-state index contributed by atoms with van der Waals surface area (Å²) in [6.45, 7) is 2.49. The highest BCUT2D eigenvalue weighted by molar-refractivity contribution is 5.82. The van der Waals surface area contributed by atoms with Crippen molar-refractivity contribution >= 4 is 10.9 Å². The second-order valence-corrected chi connectivity index (χ2v) is 5.50. The molecule has 4 rings (SSSR count). The Balaban J connectivity index is 1.55. The van der Waals surface area contributed by atoms with Crippen LogP contribution in [-0.4, -0.2) is 15.2 Å². The summed E-state index contributed by atoms with van der Waals surface area (Å²) in [6.07, 6.45) is 1.32. The molecule has 2 heterocycles. The molecule has 5 nitrogen and oxygen atoms in total. The van der Waals surface area contributed by atoms with E-state index in [9.17, 15) is 0 Å². The molecule has 0 aliphatic heterocycles. The van der Waals surface area contributed by atoms with Crippen LogP contribution < -0.4 is 4.74 Å². The van der Waals surface area contributed by atoms with Gasteiger partial charge in [-0.25, -0.2) is 0 Å². The minimum absolute atomic E-state index is 0.490. The summed E-state index contributed by atoms with van der Waals surface area (Å²) in [5.74, 6) is 1.29. The molecule has 0 spiro atoms. The Hall–Kier alpha value is -3.21. The van der Waals surface area contributed by atoms with Gasteiger partial charge in [0.2, 0.25) is 12.3 Å². The van der Waals surface area contributed by atoms with Crippen molar-refractivity contribution < 1.29 is 9.15 Å². The second kappa shape index (κ2) is 6.12. The van der Waals surface area contributed by atoms with Crippen molar-refractivity contribution in [2.75, 3.05) is 0 Å². The summed E-state index contributed by atoms with van der Waals surface area (Å²) in [5, 5.41) is 8.69. The fraction of sp³-hybridized carbons (Fsp3) is 0.105. The maximum absolute atomic E-state index is 5.93. The summed E-state index contributed by atoms with van der Waals surface area (Å²) in [6, 6.07) is 17.8. The van der Waals surface area contributed by atoms with Gasteiger partial charge in [0.1, 0.15) is 12.4 Å². The molecule has 0 unspecified atom stereocenters. The molecule has 0 aliphatic carbocycles. The lowest BCUT2D eigenvalue weighted by Gasteiger charge is -2.10. The number of fused-ring (bicyclic) bond motifs is 1. The largest absolute Gasteiger partial charge is 0.489 e. The number of pyridine rings is 1. The van der Waals surface area contributed by atoms with Crippen LogP contribution in [0.15, 0.2) is 65.4 Å². The van der Waals surface area contributed by atoms with E-state index in [4.69, 9.17) is 9.15 Å². The highest BCUT2D eigenvalue weighted by Gasteiger charge is 2.06. The zero-order chi connectivity index (χ0) is 16.4. The van der Waals surface area contributed by atoms with Crippen molar-refractivity contribution in [2.24, 2.45) is 0 Å². The summed E-state index contributed by atoms with van der Waals surface area (Å²) >= 11 is 0. The lowest BCUT2D eigenvalue weighted by Crippen LogP contribution is -1.98. The van der Waals surface area contributed by atoms with Crippen LogP contribution in [-0.2, 0) is 6.61 Å². The van der Waals surface area contributed by atoms with E-state index < -0.39 is 0 Å². The van der Waals surface area contributed by atoms with E-state index in [1.807, 2.05) is 49.4 Å². The Morgan fingerprint density at radius 3 is 2.67 bits per heavy atom. The first-order valence-electron chi connectivity index (χ1n) is 7.64. The number of para-hydroxylation sites is 1. The summed E-state index contributed by atoms with van der Waals surface area (Å²) < 4.78 is 11.1. The number of benzene rings is 2. The number of hydrogen-bond acceptors (Lipinski definition) is 5. The van der Waals surface area contributed by atoms with Crippen LogP contribution >= 0.6 is 0 Å². The minimum Gasteiger partial charge on any atom is -0.489 e. The Kier molecular flexibility index (Phi) is 3.67. The molecule has 2 aromatic heterocycles. The number of aromatic nitrogens is 3. The average molecular weight is 317 g/mol. The van der Waals surface area contributed by atoms with Crippen LogP contribution in [0.3, 0.4) is 0 Å². The minimum atomic E-state index is 0.490. The molecule has 0 amide bonds. The van der Waals surface area contributed by atoms with Gasteiger partial charge in [-0.3, -0.25) is 4.98 Å². The van der Waals surface area contributed by atoms with E-state index in [0.29, 0.717) is 12.5 Å². The number of hydrogen-bond donors (Lipinski definition) is 0. The number of nitrogens with zero attached hydrogens (tertiary/aromatic N) is 3. The van der Waals surface area contributed by atoms with Gasteiger partial charge in [-0.1, -0.05) is 18.2 Å². The van der Waals surface area contributed by atoms with Crippen LogP contribution in [0, 0.1) is 6.92 Å².